The number of fused-ring (bicyclic) bond motifs is 1. The van der Waals surface area contributed by atoms with Gasteiger partial charge in [-0.05, 0) is 42.8 Å². The van der Waals surface area contributed by atoms with Gasteiger partial charge in [-0.25, -0.2) is 4.98 Å². The predicted octanol–water partition coefficient (Wildman–Crippen LogP) is 5.13. The standard InChI is InChI=1S/C18H15ClN2O2S2/c1-2-23-13-7-8-14-15(9-13)25-18(20-14)21-16(22)10-24-17(21)11-3-5-12(19)6-4-11/h3-9,17H,2,10H2,1H3. The number of hydrogen-bond acceptors (Lipinski definition) is 5. The van der Waals surface area contributed by atoms with E-state index in [0.717, 1.165) is 26.7 Å². The van der Waals surface area contributed by atoms with Crippen LogP contribution in [-0.4, -0.2) is 23.3 Å². The molecule has 7 heteroatoms. The van der Waals surface area contributed by atoms with Crippen LogP contribution in [0.15, 0.2) is 42.5 Å². The van der Waals surface area contributed by atoms with Gasteiger partial charge in [-0.2, -0.15) is 0 Å². The van der Waals surface area contributed by atoms with E-state index >= 15 is 0 Å². The number of hydrogen-bond donors (Lipinski definition) is 0. The van der Waals surface area contributed by atoms with Gasteiger partial charge < -0.3 is 4.74 Å². The van der Waals surface area contributed by atoms with Gasteiger partial charge in [0, 0.05) is 5.02 Å². The largest absolute Gasteiger partial charge is 0.494 e. The maximum absolute atomic E-state index is 12.5. The maximum Gasteiger partial charge on any atom is 0.240 e. The molecule has 0 saturated carbocycles. The zero-order valence-corrected chi connectivity index (χ0v) is 15.8. The Hall–Kier alpha value is -1.76. The highest BCUT2D eigenvalue weighted by Crippen LogP contribution is 2.44. The van der Waals surface area contributed by atoms with E-state index in [0.29, 0.717) is 17.4 Å². The lowest BCUT2D eigenvalue weighted by molar-refractivity contribution is -0.115. The molecular formula is C18H15ClN2O2S2. The molecule has 25 heavy (non-hydrogen) atoms. The van der Waals surface area contributed by atoms with Crippen LogP contribution in [0, 0.1) is 0 Å². The van der Waals surface area contributed by atoms with Gasteiger partial charge in [-0.1, -0.05) is 35.1 Å². The number of thiazole rings is 1. The van der Waals surface area contributed by atoms with E-state index in [1.54, 1.807) is 16.7 Å². The zero-order valence-electron chi connectivity index (χ0n) is 13.4. The summed E-state index contributed by atoms with van der Waals surface area (Å²) in [4.78, 5) is 19.0. The molecule has 4 nitrogen and oxygen atoms in total. The SMILES string of the molecule is CCOc1ccc2nc(N3C(=O)CSC3c3ccc(Cl)cc3)sc2c1. The van der Waals surface area contributed by atoms with Crippen molar-refractivity contribution in [3.8, 4) is 5.75 Å². The van der Waals surface area contributed by atoms with E-state index in [4.69, 9.17) is 16.3 Å². The van der Waals surface area contributed by atoms with Gasteiger partial charge in [0.15, 0.2) is 5.13 Å². The molecule has 2 heterocycles. The summed E-state index contributed by atoms with van der Waals surface area (Å²) in [6, 6.07) is 13.5. The van der Waals surface area contributed by atoms with Gasteiger partial charge >= 0.3 is 0 Å². The summed E-state index contributed by atoms with van der Waals surface area (Å²) in [5.41, 5.74) is 1.93. The van der Waals surface area contributed by atoms with E-state index < -0.39 is 0 Å². The Labute approximate surface area is 158 Å². The van der Waals surface area contributed by atoms with Gasteiger partial charge in [-0.15, -0.1) is 11.8 Å². The number of benzene rings is 2. The molecule has 0 bridgehead atoms. The molecule has 3 aromatic rings. The third-order valence-electron chi connectivity index (χ3n) is 3.89. The molecule has 1 unspecified atom stereocenters. The lowest BCUT2D eigenvalue weighted by atomic mass is 10.2. The lowest BCUT2D eigenvalue weighted by Gasteiger charge is -2.21. The fourth-order valence-electron chi connectivity index (χ4n) is 2.76. The Kier molecular flexibility index (Phi) is 4.58. The maximum atomic E-state index is 12.5. The van der Waals surface area contributed by atoms with Crippen molar-refractivity contribution in [1.29, 1.82) is 0 Å². The number of ether oxygens (including phenoxy) is 1. The van der Waals surface area contributed by atoms with Gasteiger partial charge in [0.25, 0.3) is 0 Å². The van der Waals surface area contributed by atoms with Gasteiger partial charge in [0.1, 0.15) is 11.1 Å². The summed E-state index contributed by atoms with van der Waals surface area (Å²) < 4.78 is 6.57. The third kappa shape index (κ3) is 3.21. The average molecular weight is 391 g/mol. The zero-order chi connectivity index (χ0) is 17.4. The number of nitrogens with zero attached hydrogens (tertiary/aromatic N) is 2. The second kappa shape index (κ2) is 6.86. The molecule has 1 aliphatic heterocycles. The van der Waals surface area contributed by atoms with Gasteiger partial charge in [0.05, 0.1) is 22.6 Å². The molecule has 1 aliphatic rings. The summed E-state index contributed by atoms with van der Waals surface area (Å²) in [5, 5.41) is 1.34. The van der Waals surface area contributed by atoms with Crippen molar-refractivity contribution < 1.29 is 9.53 Å². The minimum absolute atomic E-state index is 0.0725. The topological polar surface area (TPSA) is 42.4 Å². The van der Waals surface area contributed by atoms with Crippen LogP contribution in [0.5, 0.6) is 5.75 Å². The molecule has 4 rings (SSSR count). The minimum Gasteiger partial charge on any atom is -0.494 e. The first-order valence-electron chi connectivity index (χ1n) is 7.88. The van der Waals surface area contributed by atoms with E-state index in [-0.39, 0.29) is 11.3 Å². The number of rotatable bonds is 4. The Morgan fingerprint density at radius 3 is 2.84 bits per heavy atom. The highest BCUT2D eigenvalue weighted by molar-refractivity contribution is 8.00. The van der Waals surface area contributed by atoms with Crippen LogP contribution in [0.1, 0.15) is 17.9 Å². The molecule has 2 aromatic carbocycles. The summed E-state index contributed by atoms with van der Waals surface area (Å²) in [7, 11) is 0. The summed E-state index contributed by atoms with van der Waals surface area (Å²) >= 11 is 9.11. The molecule has 0 aliphatic carbocycles. The Morgan fingerprint density at radius 1 is 1.28 bits per heavy atom. The number of carbonyl (C=O) groups is 1. The van der Waals surface area contributed by atoms with Crippen LogP contribution in [0.25, 0.3) is 10.2 Å². The summed E-state index contributed by atoms with van der Waals surface area (Å²) in [6.07, 6.45) is 0. The minimum atomic E-state index is -0.0725. The van der Waals surface area contributed by atoms with Crippen LogP contribution in [0.2, 0.25) is 5.02 Å². The Bertz CT molecular complexity index is 926. The number of anilines is 1. The first-order valence-corrected chi connectivity index (χ1v) is 10.1. The van der Waals surface area contributed by atoms with Crippen molar-refractivity contribution in [3.05, 3.63) is 53.1 Å². The number of carbonyl (C=O) groups excluding carboxylic acids is 1. The van der Waals surface area contributed by atoms with Crippen molar-refractivity contribution in [3.63, 3.8) is 0 Å². The smallest absolute Gasteiger partial charge is 0.240 e. The molecule has 0 radical (unpaired) electrons. The Morgan fingerprint density at radius 2 is 2.08 bits per heavy atom. The predicted molar refractivity (Wildman–Crippen MR) is 105 cm³/mol. The van der Waals surface area contributed by atoms with Crippen LogP contribution >= 0.6 is 34.7 Å². The molecule has 1 aromatic heterocycles. The van der Waals surface area contributed by atoms with Gasteiger partial charge in [-0.3, -0.25) is 9.69 Å². The molecule has 0 spiro atoms. The molecular weight excluding hydrogens is 376 g/mol. The monoisotopic (exact) mass is 390 g/mol. The van der Waals surface area contributed by atoms with Gasteiger partial charge in [0.2, 0.25) is 5.91 Å². The average Bonchev–Trinajstić information content (AvgIpc) is 3.18. The summed E-state index contributed by atoms with van der Waals surface area (Å²) in [6.45, 7) is 2.58. The highest BCUT2D eigenvalue weighted by atomic mass is 35.5. The number of aromatic nitrogens is 1. The quantitative estimate of drug-likeness (QED) is 0.619. The van der Waals surface area contributed by atoms with Crippen molar-refractivity contribution >= 4 is 56.0 Å². The first kappa shape index (κ1) is 16.7. The second-order valence-electron chi connectivity index (χ2n) is 5.54. The van der Waals surface area contributed by atoms with Crippen molar-refractivity contribution in [2.24, 2.45) is 0 Å². The number of thioether (sulfide) groups is 1. The van der Waals surface area contributed by atoms with Crippen LogP contribution in [0.4, 0.5) is 5.13 Å². The van der Waals surface area contributed by atoms with Crippen LogP contribution < -0.4 is 9.64 Å². The fraction of sp³-hybridized carbons (Fsp3) is 0.222. The highest BCUT2D eigenvalue weighted by Gasteiger charge is 2.36. The fourth-order valence-corrected chi connectivity index (χ4v) is 5.14. The molecule has 0 N–H and O–H groups in total. The van der Waals surface area contributed by atoms with Crippen molar-refractivity contribution in [1.82, 2.24) is 4.98 Å². The van der Waals surface area contributed by atoms with E-state index in [2.05, 4.69) is 4.98 Å². The third-order valence-corrected chi connectivity index (χ3v) is 6.37. The molecule has 1 amide bonds. The van der Waals surface area contributed by atoms with Crippen LogP contribution in [-0.2, 0) is 4.79 Å². The molecule has 128 valence electrons. The van der Waals surface area contributed by atoms with E-state index in [1.807, 2.05) is 49.4 Å². The van der Waals surface area contributed by atoms with E-state index in [1.165, 1.54) is 11.3 Å². The van der Waals surface area contributed by atoms with Crippen LogP contribution in [0.3, 0.4) is 0 Å². The van der Waals surface area contributed by atoms with E-state index in [9.17, 15) is 4.79 Å². The second-order valence-corrected chi connectivity index (χ2v) is 8.05. The normalized spacial score (nSPS) is 17.4. The number of amides is 1. The van der Waals surface area contributed by atoms with Crippen molar-refractivity contribution in [2.75, 3.05) is 17.3 Å². The molecule has 1 atom stereocenters. The summed E-state index contributed by atoms with van der Waals surface area (Å²) in [5.74, 6) is 1.35. The van der Waals surface area contributed by atoms with Crippen molar-refractivity contribution in [2.45, 2.75) is 12.3 Å². The number of halogens is 1. The first-order chi connectivity index (χ1) is 12.2. The molecule has 1 saturated heterocycles. The Balaban J connectivity index is 1.71. The molecule has 1 fully saturated rings. The lowest BCUT2D eigenvalue weighted by Crippen LogP contribution is -2.27.